The Labute approximate surface area is 69.2 Å². The lowest BCUT2D eigenvalue weighted by Crippen LogP contribution is -1.96. The number of imidazole rings is 1. The summed E-state index contributed by atoms with van der Waals surface area (Å²) in [6, 6.07) is 1.96. The smallest absolute Gasteiger partial charge is 0.135 e. The number of rotatable bonds is 2. The van der Waals surface area contributed by atoms with Gasteiger partial charge >= 0.3 is 0 Å². The van der Waals surface area contributed by atoms with Crippen LogP contribution in [0, 0.1) is 0 Å². The zero-order valence-electron chi connectivity index (χ0n) is 5.94. The van der Waals surface area contributed by atoms with Gasteiger partial charge in [0.2, 0.25) is 0 Å². The molecule has 0 bridgehead atoms. The molecule has 0 saturated heterocycles. The van der Waals surface area contributed by atoms with Gasteiger partial charge in [-0.05, 0) is 0 Å². The average Bonchev–Trinajstić information content (AvgIpc) is 2.53. The Balaban J connectivity index is 2.51. The fourth-order valence-electron chi connectivity index (χ4n) is 1.15. The van der Waals surface area contributed by atoms with E-state index in [2.05, 4.69) is 9.67 Å². The Morgan fingerprint density at radius 3 is 3.18 bits per heavy atom. The monoisotopic (exact) mass is 169 g/mol. The van der Waals surface area contributed by atoms with Gasteiger partial charge in [0.15, 0.2) is 0 Å². The van der Waals surface area contributed by atoms with E-state index in [0.717, 1.165) is 12.2 Å². The molecule has 2 heterocycles. The van der Waals surface area contributed by atoms with Crippen LogP contribution in [0.3, 0.4) is 0 Å². The maximum Gasteiger partial charge on any atom is 0.135 e. The van der Waals surface area contributed by atoms with E-state index in [-0.39, 0.29) is 0 Å². The van der Waals surface area contributed by atoms with Gasteiger partial charge in [-0.1, -0.05) is 0 Å². The van der Waals surface area contributed by atoms with E-state index >= 15 is 0 Å². The van der Waals surface area contributed by atoms with Crippen molar-refractivity contribution in [2.24, 2.45) is 0 Å². The number of aryl methyl sites for hydroxylation is 1. The molecule has 0 aliphatic rings. The predicted octanol–water partition coefficient (Wildman–Crippen LogP) is 1.37. The predicted molar refractivity (Wildman–Crippen MR) is 43.9 cm³/mol. The van der Waals surface area contributed by atoms with E-state index < -0.39 is 0 Å². The second-order valence-corrected chi connectivity index (χ2v) is 2.69. The Hall–Kier alpha value is -0.960. The molecule has 0 atom stereocenters. The normalized spacial score (nSPS) is 11.0. The number of alkyl halides is 1. The summed E-state index contributed by atoms with van der Waals surface area (Å²) in [4.78, 5) is 0. The van der Waals surface area contributed by atoms with Crippen molar-refractivity contribution in [3.8, 4) is 0 Å². The highest BCUT2D eigenvalue weighted by molar-refractivity contribution is 6.17. The van der Waals surface area contributed by atoms with Crippen molar-refractivity contribution in [3.63, 3.8) is 0 Å². The molecule has 0 radical (unpaired) electrons. The lowest BCUT2D eigenvalue weighted by molar-refractivity contribution is 0.794. The van der Waals surface area contributed by atoms with Crippen LogP contribution in [0.1, 0.15) is 0 Å². The van der Waals surface area contributed by atoms with Crippen LogP contribution in [0.2, 0.25) is 0 Å². The number of aromatic nitrogens is 3. The average molecular weight is 170 g/mol. The fraction of sp³-hybridized carbons (Fsp3) is 0.286. The van der Waals surface area contributed by atoms with Crippen LogP contribution >= 0.6 is 11.6 Å². The van der Waals surface area contributed by atoms with Crippen LogP contribution in [0.5, 0.6) is 0 Å². The number of fused-ring (bicyclic) bond motifs is 1. The van der Waals surface area contributed by atoms with Crippen LogP contribution in [0.4, 0.5) is 0 Å². The summed E-state index contributed by atoms with van der Waals surface area (Å²) in [5.74, 6) is 0.634. The third kappa shape index (κ3) is 1.01. The van der Waals surface area contributed by atoms with Gasteiger partial charge in [0.1, 0.15) is 5.65 Å². The van der Waals surface area contributed by atoms with Gasteiger partial charge in [-0.2, -0.15) is 5.10 Å². The molecule has 0 fully saturated rings. The van der Waals surface area contributed by atoms with Crippen molar-refractivity contribution in [1.82, 2.24) is 14.2 Å². The van der Waals surface area contributed by atoms with Gasteiger partial charge in [-0.25, -0.2) is 4.52 Å². The van der Waals surface area contributed by atoms with Crippen molar-refractivity contribution in [1.29, 1.82) is 0 Å². The summed E-state index contributed by atoms with van der Waals surface area (Å²) in [5.41, 5.74) is 1.09. The van der Waals surface area contributed by atoms with Gasteiger partial charge in [-0.15, -0.1) is 11.6 Å². The molecule has 11 heavy (non-hydrogen) atoms. The molecule has 0 saturated carbocycles. The first-order chi connectivity index (χ1) is 5.42. The van der Waals surface area contributed by atoms with Gasteiger partial charge in [0.25, 0.3) is 0 Å². The molecule has 0 aliphatic carbocycles. The summed E-state index contributed by atoms with van der Waals surface area (Å²) in [6.45, 7) is 0.837. The maximum atomic E-state index is 5.61. The van der Waals surface area contributed by atoms with E-state index in [9.17, 15) is 0 Å². The molecule has 2 aromatic rings. The van der Waals surface area contributed by atoms with E-state index in [1.54, 1.807) is 6.20 Å². The minimum atomic E-state index is 0.634. The summed E-state index contributed by atoms with van der Waals surface area (Å²) in [6.07, 6.45) is 5.67. The van der Waals surface area contributed by atoms with Gasteiger partial charge in [0, 0.05) is 30.9 Å². The summed E-state index contributed by atoms with van der Waals surface area (Å²) in [5, 5.41) is 4.07. The number of halogens is 1. The van der Waals surface area contributed by atoms with Gasteiger partial charge in [-0.3, -0.25) is 0 Å². The largest absolute Gasteiger partial charge is 0.330 e. The van der Waals surface area contributed by atoms with Crippen molar-refractivity contribution >= 4 is 17.2 Å². The third-order valence-electron chi connectivity index (χ3n) is 1.66. The van der Waals surface area contributed by atoms with Crippen LogP contribution in [-0.2, 0) is 6.54 Å². The van der Waals surface area contributed by atoms with Crippen molar-refractivity contribution in [3.05, 3.63) is 24.7 Å². The van der Waals surface area contributed by atoms with Crippen molar-refractivity contribution < 1.29 is 0 Å². The molecule has 0 aromatic carbocycles. The molecule has 0 spiro atoms. The molecular weight excluding hydrogens is 162 g/mol. The third-order valence-corrected chi connectivity index (χ3v) is 1.83. The highest BCUT2D eigenvalue weighted by Gasteiger charge is 1.98. The standard InChI is InChI=1S/C7H8ClN3/c8-2-4-10-5-6-11-7(10)1-3-9-11/h1,3,5-6H,2,4H2. The molecule has 0 amide bonds. The molecule has 4 heteroatoms. The molecule has 2 aromatic heterocycles. The minimum Gasteiger partial charge on any atom is -0.330 e. The Kier molecular flexibility index (Phi) is 1.58. The zero-order chi connectivity index (χ0) is 7.68. The first-order valence-corrected chi connectivity index (χ1v) is 4.00. The van der Waals surface area contributed by atoms with Crippen LogP contribution in [-0.4, -0.2) is 20.1 Å². The second kappa shape index (κ2) is 2.58. The maximum absolute atomic E-state index is 5.61. The molecular formula is C7H8ClN3. The number of hydrogen-bond donors (Lipinski definition) is 0. The number of hydrogen-bond acceptors (Lipinski definition) is 1. The second-order valence-electron chi connectivity index (χ2n) is 2.31. The van der Waals surface area contributed by atoms with Gasteiger partial charge < -0.3 is 4.57 Å². The lowest BCUT2D eigenvalue weighted by Gasteiger charge is -1.96. The zero-order valence-corrected chi connectivity index (χ0v) is 6.70. The van der Waals surface area contributed by atoms with Crippen molar-refractivity contribution in [2.75, 3.05) is 5.88 Å². The summed E-state index contributed by atoms with van der Waals surface area (Å²) < 4.78 is 3.90. The molecule has 3 nitrogen and oxygen atoms in total. The SMILES string of the molecule is ClCCn1ccn2nccc12. The van der Waals surface area contributed by atoms with Crippen LogP contribution in [0.15, 0.2) is 24.7 Å². The van der Waals surface area contributed by atoms with Gasteiger partial charge in [0.05, 0.1) is 6.20 Å². The quantitative estimate of drug-likeness (QED) is 0.623. The molecule has 0 unspecified atom stereocenters. The molecule has 0 aliphatic heterocycles. The summed E-state index contributed by atoms with van der Waals surface area (Å²) in [7, 11) is 0. The fourth-order valence-corrected chi connectivity index (χ4v) is 1.33. The van der Waals surface area contributed by atoms with Crippen LogP contribution in [0.25, 0.3) is 5.65 Å². The van der Waals surface area contributed by atoms with E-state index in [0.29, 0.717) is 5.88 Å². The topological polar surface area (TPSA) is 22.2 Å². The Morgan fingerprint density at radius 2 is 2.36 bits per heavy atom. The van der Waals surface area contributed by atoms with E-state index in [4.69, 9.17) is 11.6 Å². The van der Waals surface area contributed by atoms with E-state index in [1.807, 2.05) is 23.0 Å². The lowest BCUT2D eigenvalue weighted by atomic mass is 10.6. The van der Waals surface area contributed by atoms with Crippen molar-refractivity contribution in [2.45, 2.75) is 6.54 Å². The first kappa shape index (κ1) is 6.73. The van der Waals surface area contributed by atoms with Crippen LogP contribution < -0.4 is 0 Å². The molecule has 58 valence electrons. The highest BCUT2D eigenvalue weighted by Crippen LogP contribution is 2.03. The highest BCUT2D eigenvalue weighted by atomic mass is 35.5. The number of nitrogens with zero attached hydrogens (tertiary/aromatic N) is 3. The molecule has 0 N–H and O–H groups in total. The Bertz CT molecular complexity index is 349. The minimum absolute atomic E-state index is 0.634. The Morgan fingerprint density at radius 1 is 1.45 bits per heavy atom. The molecule has 2 rings (SSSR count). The van der Waals surface area contributed by atoms with E-state index in [1.165, 1.54) is 0 Å². The first-order valence-electron chi connectivity index (χ1n) is 3.46. The summed E-state index contributed by atoms with van der Waals surface area (Å²) >= 11 is 5.61.